The summed E-state index contributed by atoms with van der Waals surface area (Å²) in [5, 5.41) is 4.76. The molecule has 4 aromatic carbocycles. The lowest BCUT2D eigenvalue weighted by Gasteiger charge is -2.09. The van der Waals surface area contributed by atoms with E-state index >= 15 is 0 Å². The van der Waals surface area contributed by atoms with E-state index in [0.29, 0.717) is 0 Å². The van der Waals surface area contributed by atoms with E-state index in [4.69, 9.17) is 4.42 Å². The molecule has 1 nitrogen and oxygen atoms in total. The molecule has 24 heavy (non-hydrogen) atoms. The lowest BCUT2D eigenvalue weighted by Crippen LogP contribution is -1.83. The van der Waals surface area contributed by atoms with E-state index < -0.39 is 0 Å². The highest BCUT2D eigenvalue weighted by Crippen LogP contribution is 2.39. The maximum Gasteiger partial charge on any atom is 0.143 e. The van der Waals surface area contributed by atoms with E-state index in [1.807, 2.05) is 12.1 Å². The molecular formula is C22H13BrO. The van der Waals surface area contributed by atoms with Crippen LogP contribution in [0, 0.1) is 0 Å². The molecule has 0 aliphatic rings. The molecular weight excluding hydrogens is 360 g/mol. The largest absolute Gasteiger partial charge is 0.455 e. The monoisotopic (exact) mass is 372 g/mol. The second-order valence-corrected chi connectivity index (χ2v) is 6.78. The van der Waals surface area contributed by atoms with Crippen molar-refractivity contribution in [2.75, 3.05) is 0 Å². The molecule has 0 bridgehead atoms. The van der Waals surface area contributed by atoms with Gasteiger partial charge in [0.05, 0.1) is 0 Å². The molecule has 0 N–H and O–H groups in total. The number of fused-ring (bicyclic) bond motifs is 4. The first kappa shape index (κ1) is 13.8. The van der Waals surface area contributed by atoms with Crippen molar-refractivity contribution in [3.8, 4) is 11.1 Å². The third-order valence-corrected chi connectivity index (χ3v) is 5.26. The highest BCUT2D eigenvalue weighted by atomic mass is 79.9. The van der Waals surface area contributed by atoms with Gasteiger partial charge in [-0.25, -0.2) is 0 Å². The first-order chi connectivity index (χ1) is 11.8. The summed E-state index contributed by atoms with van der Waals surface area (Å²) in [6.07, 6.45) is 0. The lowest BCUT2D eigenvalue weighted by molar-refractivity contribution is 0.670. The van der Waals surface area contributed by atoms with Gasteiger partial charge in [-0.05, 0) is 28.5 Å². The van der Waals surface area contributed by atoms with Crippen molar-refractivity contribution in [1.82, 2.24) is 0 Å². The molecule has 0 aliphatic carbocycles. The Labute approximate surface area is 147 Å². The van der Waals surface area contributed by atoms with Crippen LogP contribution in [-0.4, -0.2) is 0 Å². The Kier molecular flexibility index (Phi) is 3.00. The van der Waals surface area contributed by atoms with Gasteiger partial charge < -0.3 is 4.42 Å². The fourth-order valence-corrected chi connectivity index (χ4v) is 3.93. The van der Waals surface area contributed by atoms with E-state index in [1.54, 1.807) is 0 Å². The molecule has 114 valence electrons. The summed E-state index contributed by atoms with van der Waals surface area (Å²) >= 11 is 3.66. The van der Waals surface area contributed by atoms with Crippen LogP contribution >= 0.6 is 15.9 Å². The average molecular weight is 373 g/mol. The first-order valence-electron chi connectivity index (χ1n) is 7.91. The number of para-hydroxylation sites is 2. The number of hydrogen-bond acceptors (Lipinski definition) is 1. The summed E-state index contributed by atoms with van der Waals surface area (Å²) in [7, 11) is 0. The normalized spacial score (nSPS) is 11.5. The van der Waals surface area contributed by atoms with Gasteiger partial charge in [0.2, 0.25) is 0 Å². The van der Waals surface area contributed by atoms with Gasteiger partial charge in [-0.2, -0.15) is 0 Å². The standard InChI is InChI=1S/C22H13BrO/c23-20-13-12-15(14-6-1-2-7-16(14)20)18-9-5-10-19-17-8-3-4-11-21(17)24-22(18)19/h1-13H. The Balaban J connectivity index is 1.92. The summed E-state index contributed by atoms with van der Waals surface area (Å²) in [4.78, 5) is 0. The molecule has 5 rings (SSSR count). The van der Waals surface area contributed by atoms with Gasteiger partial charge in [-0.1, -0.05) is 82.7 Å². The zero-order chi connectivity index (χ0) is 16.1. The van der Waals surface area contributed by atoms with Crippen molar-refractivity contribution < 1.29 is 4.42 Å². The van der Waals surface area contributed by atoms with Crippen molar-refractivity contribution in [3.05, 3.63) is 83.3 Å². The lowest BCUT2D eigenvalue weighted by atomic mass is 9.97. The van der Waals surface area contributed by atoms with Gasteiger partial charge in [0.25, 0.3) is 0 Å². The second kappa shape index (κ2) is 5.22. The Morgan fingerprint density at radius 3 is 2.12 bits per heavy atom. The summed E-state index contributed by atoms with van der Waals surface area (Å²) in [5.41, 5.74) is 4.21. The maximum absolute atomic E-state index is 6.21. The van der Waals surface area contributed by atoms with E-state index in [-0.39, 0.29) is 0 Å². The maximum atomic E-state index is 6.21. The molecule has 2 heteroatoms. The zero-order valence-electron chi connectivity index (χ0n) is 12.8. The van der Waals surface area contributed by atoms with E-state index in [0.717, 1.165) is 32.0 Å². The van der Waals surface area contributed by atoms with Gasteiger partial charge in [0, 0.05) is 20.8 Å². The summed E-state index contributed by atoms with van der Waals surface area (Å²) in [6, 6.07) is 27.3. The van der Waals surface area contributed by atoms with Crippen LogP contribution in [0.5, 0.6) is 0 Å². The van der Waals surface area contributed by atoms with Gasteiger partial charge in [-0.3, -0.25) is 0 Å². The van der Waals surface area contributed by atoms with Crippen molar-refractivity contribution in [2.24, 2.45) is 0 Å². The third kappa shape index (κ3) is 1.93. The van der Waals surface area contributed by atoms with Crippen LogP contribution in [0.4, 0.5) is 0 Å². The molecule has 0 unspecified atom stereocenters. The van der Waals surface area contributed by atoms with Crippen molar-refractivity contribution in [2.45, 2.75) is 0 Å². The van der Waals surface area contributed by atoms with Crippen molar-refractivity contribution in [1.29, 1.82) is 0 Å². The van der Waals surface area contributed by atoms with Crippen molar-refractivity contribution in [3.63, 3.8) is 0 Å². The van der Waals surface area contributed by atoms with E-state index in [2.05, 4.69) is 82.7 Å². The van der Waals surface area contributed by atoms with Crippen LogP contribution < -0.4 is 0 Å². The molecule has 0 saturated carbocycles. The van der Waals surface area contributed by atoms with Gasteiger partial charge in [0.15, 0.2) is 0 Å². The Bertz CT molecular complexity index is 1220. The minimum absolute atomic E-state index is 0.932. The fourth-order valence-electron chi connectivity index (χ4n) is 3.46. The molecule has 0 aliphatic heterocycles. The number of furan rings is 1. The van der Waals surface area contributed by atoms with Gasteiger partial charge >= 0.3 is 0 Å². The van der Waals surface area contributed by atoms with Crippen LogP contribution in [0.2, 0.25) is 0 Å². The third-order valence-electron chi connectivity index (χ3n) is 4.57. The number of hydrogen-bond donors (Lipinski definition) is 0. The molecule has 0 atom stereocenters. The van der Waals surface area contributed by atoms with Crippen LogP contribution in [0.25, 0.3) is 43.8 Å². The van der Waals surface area contributed by atoms with E-state index in [1.165, 1.54) is 16.3 Å². The van der Waals surface area contributed by atoms with Crippen LogP contribution in [-0.2, 0) is 0 Å². The quantitative estimate of drug-likeness (QED) is 0.304. The van der Waals surface area contributed by atoms with Gasteiger partial charge in [0.1, 0.15) is 11.2 Å². The van der Waals surface area contributed by atoms with Crippen LogP contribution in [0.3, 0.4) is 0 Å². The number of benzene rings is 4. The van der Waals surface area contributed by atoms with E-state index in [9.17, 15) is 0 Å². The number of rotatable bonds is 1. The smallest absolute Gasteiger partial charge is 0.143 e. The molecule has 0 amide bonds. The number of halogens is 1. The Morgan fingerprint density at radius 1 is 0.542 bits per heavy atom. The first-order valence-corrected chi connectivity index (χ1v) is 8.70. The van der Waals surface area contributed by atoms with Crippen LogP contribution in [0.1, 0.15) is 0 Å². The SMILES string of the molecule is Brc1ccc(-c2cccc3c2oc2ccccc23)c2ccccc12. The highest BCUT2D eigenvalue weighted by molar-refractivity contribution is 9.10. The molecule has 0 spiro atoms. The molecule has 5 aromatic rings. The summed E-state index contributed by atoms with van der Waals surface area (Å²) in [5.74, 6) is 0. The summed E-state index contributed by atoms with van der Waals surface area (Å²) < 4.78 is 7.32. The predicted octanol–water partition coefficient (Wildman–Crippen LogP) is 7.17. The van der Waals surface area contributed by atoms with Crippen LogP contribution in [0.15, 0.2) is 87.8 Å². The minimum Gasteiger partial charge on any atom is -0.455 e. The molecule has 1 heterocycles. The Morgan fingerprint density at radius 2 is 1.25 bits per heavy atom. The van der Waals surface area contributed by atoms with Gasteiger partial charge in [-0.15, -0.1) is 0 Å². The molecule has 0 fully saturated rings. The molecule has 0 saturated heterocycles. The van der Waals surface area contributed by atoms with Crippen molar-refractivity contribution >= 4 is 48.6 Å². The Hall–Kier alpha value is -2.58. The topological polar surface area (TPSA) is 13.1 Å². The minimum atomic E-state index is 0.932. The summed E-state index contributed by atoms with van der Waals surface area (Å²) in [6.45, 7) is 0. The fraction of sp³-hybridized carbons (Fsp3) is 0. The average Bonchev–Trinajstić information content (AvgIpc) is 3.01. The molecule has 1 aromatic heterocycles. The zero-order valence-corrected chi connectivity index (χ0v) is 14.4. The highest BCUT2D eigenvalue weighted by Gasteiger charge is 2.14. The second-order valence-electron chi connectivity index (χ2n) is 5.92. The molecule has 0 radical (unpaired) electrons. The predicted molar refractivity (Wildman–Crippen MR) is 104 cm³/mol.